The van der Waals surface area contributed by atoms with Gasteiger partial charge in [0.2, 0.25) is 5.95 Å². The molecule has 5 heterocycles. The second kappa shape index (κ2) is 9.53. The summed E-state index contributed by atoms with van der Waals surface area (Å²) in [5.41, 5.74) is 3.52. The molecule has 0 aromatic carbocycles. The minimum atomic E-state index is -0.529. The third-order valence-corrected chi connectivity index (χ3v) is 7.65. The molecule has 9 heteroatoms. The van der Waals surface area contributed by atoms with E-state index in [1.807, 2.05) is 45.4 Å². The second-order valence-corrected chi connectivity index (χ2v) is 11.7. The number of amides is 1. The molecule has 1 amide bonds. The van der Waals surface area contributed by atoms with Gasteiger partial charge in [-0.3, -0.25) is 4.98 Å². The van der Waals surface area contributed by atoms with Crippen molar-refractivity contribution in [2.45, 2.75) is 78.0 Å². The van der Waals surface area contributed by atoms with E-state index in [4.69, 9.17) is 14.7 Å². The molecule has 198 valence electrons. The van der Waals surface area contributed by atoms with Crippen LogP contribution in [0.5, 0.6) is 0 Å². The summed E-state index contributed by atoms with van der Waals surface area (Å²) in [6.07, 6.45) is 10.9. The highest BCUT2D eigenvalue weighted by molar-refractivity contribution is 6.06. The first-order valence-corrected chi connectivity index (χ1v) is 13.6. The van der Waals surface area contributed by atoms with E-state index in [9.17, 15) is 4.79 Å². The topological polar surface area (TPSA) is 98.1 Å². The molecule has 0 spiro atoms. The Hall–Kier alpha value is -3.75. The standard InChI is InChI=1S/C29H35N7O2/c1-18-5-8-20(9-6-18)36-24-16-30-13-11-21(24)22-15-31-27(34-26(22)36)33-25-10-7-19-12-14-35(17-23(19)32-25)28(37)38-29(2,3)4/h7,10-11,13,15-16,18,20H,5-6,8-9,12,14,17H2,1-4H3,(H,31,32,33,34). The van der Waals surface area contributed by atoms with Gasteiger partial charge < -0.3 is 19.5 Å². The van der Waals surface area contributed by atoms with Crippen LogP contribution in [0.2, 0.25) is 0 Å². The number of ether oxygens (including phenoxy) is 1. The smallest absolute Gasteiger partial charge is 0.410 e. The largest absolute Gasteiger partial charge is 0.444 e. The van der Waals surface area contributed by atoms with Gasteiger partial charge in [-0.1, -0.05) is 13.0 Å². The molecule has 9 nitrogen and oxygen atoms in total. The average molecular weight is 514 g/mol. The van der Waals surface area contributed by atoms with Gasteiger partial charge in [-0.25, -0.2) is 14.8 Å². The molecule has 1 aliphatic heterocycles. The lowest BCUT2D eigenvalue weighted by molar-refractivity contribution is 0.0221. The van der Waals surface area contributed by atoms with Crippen LogP contribution in [0.3, 0.4) is 0 Å². The van der Waals surface area contributed by atoms with Gasteiger partial charge >= 0.3 is 6.09 Å². The summed E-state index contributed by atoms with van der Waals surface area (Å²) in [4.78, 5) is 33.2. The maximum Gasteiger partial charge on any atom is 0.410 e. The van der Waals surface area contributed by atoms with Crippen LogP contribution in [0, 0.1) is 5.92 Å². The quantitative estimate of drug-likeness (QED) is 0.350. The summed E-state index contributed by atoms with van der Waals surface area (Å²) in [6, 6.07) is 6.48. The van der Waals surface area contributed by atoms with Gasteiger partial charge in [-0.05, 0) is 76.5 Å². The number of hydrogen-bond acceptors (Lipinski definition) is 7. The first kappa shape index (κ1) is 24.6. The molecule has 1 saturated carbocycles. The Morgan fingerprint density at radius 3 is 2.66 bits per heavy atom. The molecular weight excluding hydrogens is 478 g/mol. The molecule has 38 heavy (non-hydrogen) atoms. The van der Waals surface area contributed by atoms with Crippen LogP contribution in [0.1, 0.15) is 70.7 Å². The van der Waals surface area contributed by atoms with Crippen molar-refractivity contribution in [3.05, 3.63) is 48.0 Å². The summed E-state index contributed by atoms with van der Waals surface area (Å²) in [7, 11) is 0. The fourth-order valence-corrected chi connectivity index (χ4v) is 5.67. The number of carbonyl (C=O) groups is 1. The van der Waals surface area contributed by atoms with Gasteiger partial charge in [-0.2, -0.15) is 4.98 Å². The molecule has 0 unspecified atom stereocenters. The van der Waals surface area contributed by atoms with E-state index in [1.165, 1.54) is 12.8 Å². The summed E-state index contributed by atoms with van der Waals surface area (Å²) >= 11 is 0. The van der Waals surface area contributed by atoms with Gasteiger partial charge in [-0.15, -0.1) is 0 Å². The van der Waals surface area contributed by atoms with E-state index >= 15 is 0 Å². The van der Waals surface area contributed by atoms with Gasteiger partial charge in [0.25, 0.3) is 0 Å². The van der Waals surface area contributed by atoms with Gasteiger partial charge in [0.1, 0.15) is 17.1 Å². The highest BCUT2D eigenvalue weighted by Gasteiger charge is 2.27. The SMILES string of the molecule is CC1CCC(n2c3cnccc3c3cnc(Nc4ccc5c(n4)CN(C(=O)OC(C)(C)C)CC5)nc32)CC1. The van der Waals surface area contributed by atoms with Crippen LogP contribution in [0.15, 0.2) is 36.8 Å². The number of anilines is 2. The number of carbonyl (C=O) groups excluding carboxylic acids is 1. The first-order chi connectivity index (χ1) is 18.2. The van der Waals surface area contributed by atoms with Crippen molar-refractivity contribution in [3.8, 4) is 0 Å². The molecule has 1 fully saturated rings. The number of nitrogens with zero attached hydrogens (tertiary/aromatic N) is 6. The lowest BCUT2D eigenvalue weighted by atomic mass is 9.87. The maximum absolute atomic E-state index is 12.6. The third kappa shape index (κ3) is 4.77. The molecule has 0 atom stereocenters. The first-order valence-electron chi connectivity index (χ1n) is 13.6. The lowest BCUT2D eigenvalue weighted by Crippen LogP contribution is -2.40. The summed E-state index contributed by atoms with van der Waals surface area (Å²) < 4.78 is 7.94. The van der Waals surface area contributed by atoms with Crippen molar-refractivity contribution >= 4 is 39.8 Å². The Morgan fingerprint density at radius 1 is 1.05 bits per heavy atom. The molecule has 0 radical (unpaired) electrons. The Labute approximate surface area is 222 Å². The van der Waals surface area contributed by atoms with Crippen LogP contribution in [-0.4, -0.2) is 47.6 Å². The zero-order valence-corrected chi connectivity index (χ0v) is 22.6. The molecule has 0 bridgehead atoms. The molecule has 2 aliphatic rings. The summed E-state index contributed by atoms with van der Waals surface area (Å²) in [6.45, 7) is 9.02. The fourth-order valence-electron chi connectivity index (χ4n) is 5.67. The third-order valence-electron chi connectivity index (χ3n) is 7.65. The number of fused-ring (bicyclic) bond motifs is 4. The molecule has 4 aromatic heterocycles. The Morgan fingerprint density at radius 2 is 1.87 bits per heavy atom. The predicted octanol–water partition coefficient (Wildman–Crippen LogP) is 6.16. The average Bonchev–Trinajstić information content (AvgIpc) is 3.21. The van der Waals surface area contributed by atoms with Crippen LogP contribution < -0.4 is 5.32 Å². The predicted molar refractivity (Wildman–Crippen MR) is 147 cm³/mol. The molecule has 0 saturated heterocycles. The van der Waals surface area contributed by atoms with Gasteiger partial charge in [0.15, 0.2) is 0 Å². The summed E-state index contributed by atoms with van der Waals surface area (Å²) in [5.74, 6) is 1.93. The van der Waals surface area contributed by atoms with Crippen LogP contribution in [0.4, 0.5) is 16.6 Å². The van der Waals surface area contributed by atoms with E-state index in [-0.39, 0.29) is 6.09 Å². The zero-order chi connectivity index (χ0) is 26.4. The minimum absolute atomic E-state index is 0.309. The Balaban J connectivity index is 1.29. The highest BCUT2D eigenvalue weighted by Crippen LogP contribution is 2.38. The number of nitrogens with one attached hydrogen (secondary N) is 1. The second-order valence-electron chi connectivity index (χ2n) is 11.7. The maximum atomic E-state index is 12.6. The number of pyridine rings is 2. The van der Waals surface area contributed by atoms with Crippen molar-refractivity contribution in [3.63, 3.8) is 0 Å². The van der Waals surface area contributed by atoms with Gasteiger partial charge in [0.05, 0.1) is 24.0 Å². The van der Waals surface area contributed by atoms with Gasteiger partial charge in [0, 0.05) is 35.8 Å². The fraction of sp³-hybridized carbons (Fsp3) is 0.483. The number of hydrogen-bond donors (Lipinski definition) is 1. The van der Waals surface area contributed by atoms with Crippen molar-refractivity contribution in [1.29, 1.82) is 0 Å². The van der Waals surface area contributed by atoms with Crippen molar-refractivity contribution in [2.24, 2.45) is 5.92 Å². The van der Waals surface area contributed by atoms with Crippen molar-refractivity contribution < 1.29 is 9.53 Å². The monoisotopic (exact) mass is 513 g/mol. The molecule has 4 aromatic rings. The molecule has 1 N–H and O–H groups in total. The van der Waals surface area contributed by atoms with Crippen molar-refractivity contribution in [2.75, 3.05) is 11.9 Å². The molecular formula is C29H35N7O2. The number of aromatic nitrogens is 5. The van der Waals surface area contributed by atoms with Crippen molar-refractivity contribution in [1.82, 2.24) is 29.4 Å². The van der Waals surface area contributed by atoms with Crippen LogP contribution >= 0.6 is 0 Å². The normalized spacial score (nSPS) is 19.9. The van der Waals surface area contributed by atoms with E-state index in [1.54, 1.807) is 4.90 Å². The summed E-state index contributed by atoms with van der Waals surface area (Å²) in [5, 5.41) is 5.49. The Kier molecular flexibility index (Phi) is 6.16. The minimum Gasteiger partial charge on any atom is -0.444 e. The molecule has 6 rings (SSSR count). The highest BCUT2D eigenvalue weighted by atomic mass is 16.6. The lowest BCUT2D eigenvalue weighted by Gasteiger charge is -2.30. The van der Waals surface area contributed by atoms with Crippen LogP contribution in [-0.2, 0) is 17.7 Å². The van der Waals surface area contributed by atoms with E-state index in [0.717, 1.165) is 58.4 Å². The zero-order valence-electron chi connectivity index (χ0n) is 22.6. The van der Waals surface area contributed by atoms with Crippen LogP contribution in [0.25, 0.3) is 21.9 Å². The molecule has 1 aliphatic carbocycles. The Bertz CT molecular complexity index is 1500. The van der Waals surface area contributed by atoms with E-state index in [2.05, 4.69) is 38.9 Å². The van der Waals surface area contributed by atoms with E-state index < -0.39 is 5.60 Å². The number of rotatable bonds is 3. The van der Waals surface area contributed by atoms with E-state index in [0.29, 0.717) is 30.9 Å².